The van der Waals surface area contributed by atoms with Gasteiger partial charge in [0.25, 0.3) is 0 Å². The van der Waals surface area contributed by atoms with Gasteiger partial charge in [-0.3, -0.25) is 0 Å². The van der Waals surface area contributed by atoms with Gasteiger partial charge in [0.1, 0.15) is 0 Å². The van der Waals surface area contributed by atoms with Crippen molar-refractivity contribution in [1.82, 2.24) is 0 Å². The molecule has 0 aliphatic rings. The molecule has 0 amide bonds. The Bertz CT molecular complexity index is 380. The van der Waals surface area contributed by atoms with Crippen LogP contribution in [-0.2, 0) is 0 Å². The third-order valence-corrected chi connectivity index (χ3v) is 5.10. The van der Waals surface area contributed by atoms with Crippen LogP contribution in [-0.4, -0.2) is 4.09 Å². The molecule has 0 unspecified atom stereocenters. The van der Waals surface area contributed by atoms with Crippen LogP contribution in [0.25, 0.3) is 0 Å². The molecule has 0 aromatic heterocycles. The third-order valence-electron chi connectivity index (χ3n) is 1.94. The first kappa shape index (κ1) is 12.2. The zero-order chi connectivity index (χ0) is 11.2. The fourth-order valence-electron chi connectivity index (χ4n) is 1.24. The molecule has 2 aromatic rings. The molecule has 0 N–H and O–H groups in total. The average molecular weight is 309 g/mol. The predicted molar refractivity (Wildman–Crippen MR) is 79.3 cm³/mol. The van der Waals surface area contributed by atoms with Crippen molar-refractivity contribution in [3.8, 4) is 0 Å². The molecular weight excluding hydrogens is 299 g/mol. The van der Waals surface area contributed by atoms with Crippen LogP contribution in [0.3, 0.4) is 0 Å². The van der Waals surface area contributed by atoms with E-state index in [2.05, 4.69) is 64.3 Å². The van der Waals surface area contributed by atoms with E-state index in [1.54, 1.807) is 0 Å². The Kier molecular flexibility index (Phi) is 4.88. The molecule has 16 heavy (non-hydrogen) atoms. The summed E-state index contributed by atoms with van der Waals surface area (Å²) < 4.78 is 0.345. The van der Waals surface area contributed by atoms with Crippen LogP contribution in [0.5, 0.6) is 0 Å². The molecule has 0 atom stereocenters. The molecule has 0 heterocycles. The maximum atomic E-state index is 3.68. The summed E-state index contributed by atoms with van der Waals surface area (Å²) in [4.78, 5) is 2.57. The van der Waals surface area contributed by atoms with E-state index in [0.29, 0.717) is 4.09 Å². The Morgan fingerprint density at radius 3 is 1.44 bits per heavy atom. The summed E-state index contributed by atoms with van der Waals surface area (Å²) in [6.07, 6.45) is 0. The van der Waals surface area contributed by atoms with Crippen molar-refractivity contribution in [3.05, 3.63) is 60.7 Å². The second-order valence-electron chi connectivity index (χ2n) is 3.14. The molecule has 0 aliphatic carbocycles. The lowest BCUT2D eigenvalue weighted by molar-refractivity contribution is 1.47. The molecule has 0 radical (unpaired) electrons. The molecule has 0 spiro atoms. The Labute approximate surface area is 113 Å². The molecule has 2 aromatic carbocycles. The van der Waals surface area contributed by atoms with Crippen molar-refractivity contribution in [2.24, 2.45) is 0 Å². The van der Waals surface area contributed by atoms with Gasteiger partial charge in [-0.1, -0.05) is 36.4 Å². The van der Waals surface area contributed by atoms with E-state index in [4.69, 9.17) is 0 Å². The van der Waals surface area contributed by atoms with E-state index in [1.807, 2.05) is 35.4 Å². The molecule has 80 valence electrons. The maximum Gasteiger partial charge on any atom is 0.360 e. The van der Waals surface area contributed by atoms with Crippen LogP contribution < -0.4 is 0 Å². The lowest BCUT2D eigenvalue weighted by Gasteiger charge is -2.05. The fourth-order valence-corrected chi connectivity index (χ4v) is 4.45. The number of halogens is 1. The number of hydrogen-bond donors (Lipinski definition) is 0. The van der Waals surface area contributed by atoms with Crippen molar-refractivity contribution in [2.45, 2.75) is 9.79 Å². The zero-order valence-corrected chi connectivity index (χ0v) is 11.8. The average Bonchev–Trinajstić information content (AvgIpc) is 2.31. The lowest BCUT2D eigenvalue weighted by atomic mass is 10.4. The van der Waals surface area contributed by atoms with E-state index in [9.17, 15) is 0 Å². The quantitative estimate of drug-likeness (QED) is 0.733. The summed E-state index contributed by atoms with van der Waals surface area (Å²) in [5.74, 6) is 0. The molecule has 0 aliphatic heterocycles. The molecule has 0 saturated heterocycles. The van der Waals surface area contributed by atoms with Crippen LogP contribution >= 0.6 is 39.0 Å². The van der Waals surface area contributed by atoms with E-state index in [1.165, 1.54) is 9.79 Å². The molecule has 2 rings (SSSR count). The summed E-state index contributed by atoms with van der Waals surface area (Å²) in [5.41, 5.74) is 0. The minimum Gasteiger partial charge on any atom is -0.147 e. The standard InChI is InChI=1S/C12H10BBrS2/c14-13(15-11-7-3-1-4-8-11)16-12-9-5-2-6-10-12/h1-10H. The van der Waals surface area contributed by atoms with E-state index < -0.39 is 0 Å². The molecule has 0 fully saturated rings. The first-order valence-corrected chi connectivity index (χ1v) is 7.59. The highest BCUT2D eigenvalue weighted by Gasteiger charge is 2.12. The van der Waals surface area contributed by atoms with E-state index in [0.717, 1.165) is 0 Å². The van der Waals surface area contributed by atoms with Gasteiger partial charge in [-0.05, 0) is 34.1 Å². The predicted octanol–water partition coefficient (Wildman–Crippen LogP) is 4.95. The van der Waals surface area contributed by atoms with E-state index in [-0.39, 0.29) is 0 Å². The summed E-state index contributed by atoms with van der Waals surface area (Å²) in [6, 6.07) is 20.9. The second-order valence-corrected chi connectivity index (χ2v) is 7.92. The van der Waals surface area contributed by atoms with Gasteiger partial charge >= 0.3 is 4.09 Å². The van der Waals surface area contributed by atoms with Crippen LogP contribution in [0, 0.1) is 0 Å². The van der Waals surface area contributed by atoms with Gasteiger partial charge in [0, 0.05) is 0 Å². The van der Waals surface area contributed by atoms with Crippen molar-refractivity contribution in [2.75, 3.05) is 0 Å². The van der Waals surface area contributed by atoms with Gasteiger partial charge < -0.3 is 0 Å². The highest BCUT2D eigenvalue weighted by Crippen LogP contribution is 2.35. The van der Waals surface area contributed by atoms with Crippen molar-refractivity contribution >= 4 is 43.1 Å². The topological polar surface area (TPSA) is 0 Å². The third kappa shape index (κ3) is 3.93. The summed E-state index contributed by atoms with van der Waals surface area (Å²) >= 11 is 7.31. The van der Waals surface area contributed by atoms with Gasteiger partial charge in [-0.2, -0.15) is 0 Å². The van der Waals surface area contributed by atoms with Gasteiger partial charge in [0.15, 0.2) is 0 Å². The van der Waals surface area contributed by atoms with Crippen molar-refractivity contribution in [3.63, 3.8) is 0 Å². The van der Waals surface area contributed by atoms with Crippen LogP contribution in [0.15, 0.2) is 70.5 Å². The smallest absolute Gasteiger partial charge is 0.147 e. The minimum atomic E-state index is 0.345. The highest BCUT2D eigenvalue weighted by atomic mass is 79.9. The van der Waals surface area contributed by atoms with Gasteiger partial charge in [-0.15, -0.1) is 39.0 Å². The first-order valence-electron chi connectivity index (χ1n) is 4.92. The Morgan fingerprint density at radius 1 is 0.688 bits per heavy atom. The fraction of sp³-hybridized carbons (Fsp3) is 0. The number of hydrogen-bond acceptors (Lipinski definition) is 2. The van der Waals surface area contributed by atoms with Gasteiger partial charge in [-0.25, -0.2) is 0 Å². The van der Waals surface area contributed by atoms with Crippen molar-refractivity contribution in [1.29, 1.82) is 0 Å². The largest absolute Gasteiger partial charge is 0.360 e. The molecular formula is C12H10BBrS2. The van der Waals surface area contributed by atoms with Crippen molar-refractivity contribution < 1.29 is 0 Å². The summed E-state index contributed by atoms with van der Waals surface area (Å²) in [6.45, 7) is 0. The number of rotatable bonds is 4. The molecule has 0 nitrogen and oxygen atoms in total. The monoisotopic (exact) mass is 308 g/mol. The molecule has 0 saturated carbocycles. The normalized spacial score (nSPS) is 10.1. The minimum absolute atomic E-state index is 0.345. The second kappa shape index (κ2) is 6.43. The Balaban J connectivity index is 1.92. The molecule has 4 heteroatoms. The first-order chi connectivity index (χ1) is 7.84. The highest BCUT2D eigenvalue weighted by molar-refractivity contribution is 9.35. The van der Waals surface area contributed by atoms with Crippen LogP contribution in [0.4, 0.5) is 0 Å². The lowest BCUT2D eigenvalue weighted by Crippen LogP contribution is -1.89. The molecule has 0 bridgehead atoms. The van der Waals surface area contributed by atoms with E-state index >= 15 is 0 Å². The zero-order valence-electron chi connectivity index (χ0n) is 8.55. The summed E-state index contributed by atoms with van der Waals surface area (Å²) in [7, 11) is 0. The maximum absolute atomic E-state index is 3.68. The summed E-state index contributed by atoms with van der Waals surface area (Å²) in [5, 5.41) is 0. The SMILES string of the molecule is BrB(Sc1ccccc1)Sc1ccccc1. The number of benzene rings is 2. The van der Waals surface area contributed by atoms with Gasteiger partial charge in [0.2, 0.25) is 0 Å². The van der Waals surface area contributed by atoms with Crippen LogP contribution in [0.1, 0.15) is 0 Å². The Morgan fingerprint density at radius 2 is 1.06 bits per heavy atom. The van der Waals surface area contributed by atoms with Crippen LogP contribution in [0.2, 0.25) is 0 Å². The van der Waals surface area contributed by atoms with Gasteiger partial charge in [0.05, 0.1) is 0 Å². The Hall–Kier alpha value is -0.315.